The van der Waals surface area contributed by atoms with Crippen molar-refractivity contribution in [3.63, 3.8) is 0 Å². The lowest BCUT2D eigenvalue weighted by molar-refractivity contribution is -0.140. The maximum absolute atomic E-state index is 12.0. The van der Waals surface area contributed by atoms with Gasteiger partial charge in [0.2, 0.25) is 5.91 Å². The largest absolute Gasteiger partial charge is 0.481 e. The quantitative estimate of drug-likeness (QED) is 0.860. The molecular formula is C13H17NO3S. The molecule has 1 amide bonds. The maximum Gasteiger partial charge on any atom is 0.307 e. The molecule has 4 nitrogen and oxygen atoms in total. The van der Waals surface area contributed by atoms with Gasteiger partial charge in [0, 0.05) is 4.88 Å². The standard InChI is InChI=1S/C13H17NO3S/c1-7(2)11(10-4-3-5-18-10)14-12(15)8-6-9(8)13(16)17/h3-5,7-9,11H,6H2,1-2H3,(H,14,15)(H,16,17)/t8-,9+,11?/m1/s1. The van der Waals surface area contributed by atoms with Crippen molar-refractivity contribution < 1.29 is 14.7 Å². The Hall–Kier alpha value is -1.36. The number of amides is 1. The van der Waals surface area contributed by atoms with Crippen LogP contribution in [0.2, 0.25) is 0 Å². The van der Waals surface area contributed by atoms with Crippen molar-refractivity contribution in [1.82, 2.24) is 5.32 Å². The minimum atomic E-state index is -0.868. The van der Waals surface area contributed by atoms with E-state index in [0.29, 0.717) is 6.42 Å². The molecule has 1 heterocycles. The molecule has 2 rings (SSSR count). The summed E-state index contributed by atoms with van der Waals surface area (Å²) >= 11 is 1.61. The number of carbonyl (C=O) groups excluding carboxylic acids is 1. The fraction of sp³-hybridized carbons (Fsp3) is 0.538. The number of carboxylic acids is 1. The van der Waals surface area contributed by atoms with Crippen LogP contribution in [0.4, 0.5) is 0 Å². The van der Waals surface area contributed by atoms with Crippen molar-refractivity contribution in [2.24, 2.45) is 17.8 Å². The summed E-state index contributed by atoms with van der Waals surface area (Å²) in [5.74, 6) is -1.54. The highest BCUT2D eigenvalue weighted by Crippen LogP contribution is 2.39. The van der Waals surface area contributed by atoms with Crippen molar-refractivity contribution >= 4 is 23.2 Å². The number of hydrogen-bond acceptors (Lipinski definition) is 3. The second kappa shape index (κ2) is 5.10. The molecule has 1 fully saturated rings. The third-order valence-electron chi connectivity index (χ3n) is 3.26. The summed E-state index contributed by atoms with van der Waals surface area (Å²) in [4.78, 5) is 23.8. The molecule has 98 valence electrons. The van der Waals surface area contributed by atoms with E-state index in [1.165, 1.54) is 0 Å². The number of rotatable bonds is 5. The number of carbonyl (C=O) groups is 2. The fourth-order valence-corrected chi connectivity index (χ4v) is 3.00. The zero-order chi connectivity index (χ0) is 13.3. The second-order valence-corrected chi connectivity index (χ2v) is 6.01. The van der Waals surface area contributed by atoms with Crippen LogP contribution < -0.4 is 5.32 Å². The topological polar surface area (TPSA) is 66.4 Å². The molecule has 0 radical (unpaired) electrons. The van der Waals surface area contributed by atoms with Gasteiger partial charge >= 0.3 is 5.97 Å². The van der Waals surface area contributed by atoms with Crippen LogP contribution in [0.15, 0.2) is 17.5 Å². The Bertz CT molecular complexity index is 441. The van der Waals surface area contributed by atoms with Gasteiger partial charge in [0.25, 0.3) is 0 Å². The number of hydrogen-bond donors (Lipinski definition) is 2. The van der Waals surface area contributed by atoms with Gasteiger partial charge in [-0.05, 0) is 23.8 Å². The van der Waals surface area contributed by atoms with Crippen LogP contribution in [0.3, 0.4) is 0 Å². The van der Waals surface area contributed by atoms with E-state index in [2.05, 4.69) is 5.32 Å². The highest BCUT2D eigenvalue weighted by atomic mass is 32.1. The Labute approximate surface area is 110 Å². The first-order valence-corrected chi connectivity index (χ1v) is 6.95. The lowest BCUT2D eigenvalue weighted by Crippen LogP contribution is -2.33. The van der Waals surface area contributed by atoms with E-state index in [1.54, 1.807) is 11.3 Å². The molecule has 0 saturated heterocycles. The van der Waals surface area contributed by atoms with Crippen molar-refractivity contribution in [2.75, 3.05) is 0 Å². The number of carboxylic acid groups (broad SMARTS) is 1. The zero-order valence-corrected chi connectivity index (χ0v) is 11.2. The van der Waals surface area contributed by atoms with Gasteiger partial charge in [-0.3, -0.25) is 9.59 Å². The Morgan fingerprint density at radius 2 is 2.17 bits per heavy atom. The highest BCUT2D eigenvalue weighted by Gasteiger charge is 2.48. The van der Waals surface area contributed by atoms with Crippen LogP contribution >= 0.6 is 11.3 Å². The van der Waals surface area contributed by atoms with Gasteiger partial charge in [0.15, 0.2) is 0 Å². The van der Waals surface area contributed by atoms with E-state index in [4.69, 9.17) is 5.11 Å². The van der Waals surface area contributed by atoms with E-state index < -0.39 is 11.9 Å². The molecule has 2 N–H and O–H groups in total. The average Bonchev–Trinajstić information content (AvgIpc) is 2.94. The van der Waals surface area contributed by atoms with Crippen molar-refractivity contribution in [3.05, 3.63) is 22.4 Å². The monoisotopic (exact) mass is 267 g/mol. The molecular weight excluding hydrogens is 250 g/mol. The lowest BCUT2D eigenvalue weighted by atomic mass is 10.0. The van der Waals surface area contributed by atoms with Crippen LogP contribution in [0.25, 0.3) is 0 Å². The summed E-state index contributed by atoms with van der Waals surface area (Å²) in [6, 6.07) is 3.93. The molecule has 0 aliphatic heterocycles. The fourth-order valence-electron chi connectivity index (χ4n) is 2.05. The third-order valence-corrected chi connectivity index (χ3v) is 4.21. The number of nitrogens with one attached hydrogen (secondary N) is 1. The van der Waals surface area contributed by atoms with E-state index in [-0.39, 0.29) is 23.8 Å². The predicted molar refractivity (Wildman–Crippen MR) is 69.3 cm³/mol. The van der Waals surface area contributed by atoms with Gasteiger partial charge in [0.1, 0.15) is 0 Å². The minimum Gasteiger partial charge on any atom is -0.481 e. The smallest absolute Gasteiger partial charge is 0.307 e. The molecule has 1 unspecified atom stereocenters. The Morgan fingerprint density at radius 1 is 1.44 bits per heavy atom. The van der Waals surface area contributed by atoms with Crippen LogP contribution in [0, 0.1) is 17.8 Å². The van der Waals surface area contributed by atoms with Crippen molar-refractivity contribution in [1.29, 1.82) is 0 Å². The summed E-state index contributed by atoms with van der Waals surface area (Å²) in [6.45, 7) is 4.10. The van der Waals surface area contributed by atoms with Crippen molar-refractivity contribution in [2.45, 2.75) is 26.3 Å². The molecule has 0 spiro atoms. The Kier molecular flexibility index (Phi) is 3.71. The molecule has 1 aromatic rings. The SMILES string of the molecule is CC(C)C(NC(=O)[C@@H]1C[C@@H]1C(=O)O)c1cccs1. The minimum absolute atomic E-state index is 0.0208. The van der Waals surface area contributed by atoms with Crippen LogP contribution in [0.1, 0.15) is 31.2 Å². The van der Waals surface area contributed by atoms with Gasteiger partial charge in [-0.25, -0.2) is 0 Å². The summed E-state index contributed by atoms with van der Waals surface area (Å²) < 4.78 is 0. The molecule has 1 saturated carbocycles. The van der Waals surface area contributed by atoms with E-state index >= 15 is 0 Å². The van der Waals surface area contributed by atoms with Gasteiger partial charge in [-0.2, -0.15) is 0 Å². The van der Waals surface area contributed by atoms with Crippen LogP contribution in [0.5, 0.6) is 0 Å². The number of aliphatic carboxylic acids is 1. The van der Waals surface area contributed by atoms with Gasteiger partial charge in [-0.15, -0.1) is 11.3 Å². The van der Waals surface area contributed by atoms with Crippen molar-refractivity contribution in [3.8, 4) is 0 Å². The maximum atomic E-state index is 12.0. The van der Waals surface area contributed by atoms with E-state index in [9.17, 15) is 9.59 Å². The van der Waals surface area contributed by atoms with Gasteiger partial charge < -0.3 is 10.4 Å². The highest BCUT2D eigenvalue weighted by molar-refractivity contribution is 7.10. The third kappa shape index (κ3) is 2.72. The molecule has 1 aliphatic rings. The molecule has 3 atom stereocenters. The molecule has 1 aromatic heterocycles. The molecule has 18 heavy (non-hydrogen) atoms. The van der Waals surface area contributed by atoms with Crippen LogP contribution in [-0.4, -0.2) is 17.0 Å². The summed E-state index contributed by atoms with van der Waals surface area (Å²) in [5, 5.41) is 13.8. The summed E-state index contributed by atoms with van der Waals surface area (Å²) in [6.07, 6.45) is 0.469. The lowest BCUT2D eigenvalue weighted by Gasteiger charge is -2.21. The van der Waals surface area contributed by atoms with Gasteiger partial charge in [0.05, 0.1) is 17.9 Å². The first kappa shape index (κ1) is 13.1. The predicted octanol–water partition coefficient (Wildman–Crippen LogP) is 2.28. The molecule has 0 aromatic carbocycles. The normalized spacial score (nSPS) is 23.7. The summed E-state index contributed by atoms with van der Waals surface area (Å²) in [7, 11) is 0. The first-order valence-electron chi connectivity index (χ1n) is 6.07. The Morgan fingerprint density at radius 3 is 2.61 bits per heavy atom. The number of thiophene rings is 1. The average molecular weight is 267 g/mol. The van der Waals surface area contributed by atoms with E-state index in [0.717, 1.165) is 4.88 Å². The molecule has 0 bridgehead atoms. The summed E-state index contributed by atoms with van der Waals surface area (Å²) in [5.41, 5.74) is 0. The molecule has 1 aliphatic carbocycles. The first-order chi connectivity index (χ1) is 8.50. The second-order valence-electron chi connectivity index (χ2n) is 5.03. The van der Waals surface area contributed by atoms with Crippen LogP contribution in [-0.2, 0) is 9.59 Å². The van der Waals surface area contributed by atoms with Gasteiger partial charge in [-0.1, -0.05) is 19.9 Å². The van der Waals surface area contributed by atoms with E-state index in [1.807, 2.05) is 31.4 Å². The Balaban J connectivity index is 1.99. The zero-order valence-electron chi connectivity index (χ0n) is 10.4. The molecule has 5 heteroatoms.